The van der Waals surface area contributed by atoms with Crippen molar-refractivity contribution in [1.29, 1.82) is 0 Å². The van der Waals surface area contributed by atoms with Crippen LogP contribution in [0.2, 0.25) is 0 Å². The van der Waals surface area contributed by atoms with E-state index in [1.807, 2.05) is 32.9 Å². The van der Waals surface area contributed by atoms with E-state index in [0.29, 0.717) is 63.1 Å². The fraction of sp³-hybridized carbons (Fsp3) is 0.286. The predicted octanol–water partition coefficient (Wildman–Crippen LogP) is 6.92. The van der Waals surface area contributed by atoms with E-state index in [2.05, 4.69) is 20.2 Å². The van der Waals surface area contributed by atoms with Crippen LogP contribution >= 0.6 is 11.3 Å². The summed E-state index contributed by atoms with van der Waals surface area (Å²) in [7, 11) is 0. The zero-order valence-electron chi connectivity index (χ0n) is 26.0. The van der Waals surface area contributed by atoms with Crippen molar-refractivity contribution in [3.63, 3.8) is 0 Å². The number of fused-ring (bicyclic) bond motifs is 1. The van der Waals surface area contributed by atoms with Gasteiger partial charge in [0.1, 0.15) is 5.82 Å². The number of primary amides is 1. The van der Waals surface area contributed by atoms with Crippen molar-refractivity contribution < 1.29 is 18.4 Å². The van der Waals surface area contributed by atoms with Crippen molar-refractivity contribution >= 4 is 28.9 Å². The second-order valence-corrected chi connectivity index (χ2v) is 13.0. The van der Waals surface area contributed by atoms with Gasteiger partial charge in [0.15, 0.2) is 0 Å². The van der Waals surface area contributed by atoms with Gasteiger partial charge in [-0.15, -0.1) is 21.5 Å². The zero-order valence-corrected chi connectivity index (χ0v) is 26.8. The van der Waals surface area contributed by atoms with E-state index in [9.17, 15) is 14.0 Å². The Labute approximate surface area is 269 Å². The van der Waals surface area contributed by atoms with E-state index in [-0.39, 0.29) is 35.0 Å². The number of aromatic nitrogens is 4. The van der Waals surface area contributed by atoms with Gasteiger partial charge in [0, 0.05) is 34.8 Å². The van der Waals surface area contributed by atoms with E-state index < -0.39 is 5.91 Å². The third kappa shape index (κ3) is 6.28. The number of amides is 2. The summed E-state index contributed by atoms with van der Waals surface area (Å²) in [6.45, 7) is 7.80. The summed E-state index contributed by atoms with van der Waals surface area (Å²) in [6.07, 6.45) is 4.04. The number of aryl methyl sites for hydroxylation is 2. The van der Waals surface area contributed by atoms with Crippen LogP contribution in [0.25, 0.3) is 21.9 Å². The number of benzene rings is 1. The normalized spacial score (nSPS) is 14.2. The van der Waals surface area contributed by atoms with E-state index >= 15 is 0 Å². The fourth-order valence-corrected chi connectivity index (χ4v) is 6.81. The molecule has 1 atom stereocenters. The SMILES string of the molecule is Cc1nnc(-c2c(C[C@H](C)c3ccc(F)cc3)nc(CC(C)C)c(C(N)=O)c2-c2ccc(C(=O)N=C3CCc4ncccc43)s2)o1. The molecule has 0 saturated heterocycles. The van der Waals surface area contributed by atoms with Crippen LogP contribution in [0.15, 0.2) is 64.1 Å². The Kier molecular flexibility index (Phi) is 8.68. The molecule has 0 spiro atoms. The summed E-state index contributed by atoms with van der Waals surface area (Å²) in [5, 5.41) is 8.39. The summed E-state index contributed by atoms with van der Waals surface area (Å²) < 4.78 is 19.7. The molecule has 4 aromatic heterocycles. The molecule has 0 saturated carbocycles. The molecule has 1 aromatic carbocycles. The van der Waals surface area contributed by atoms with Crippen LogP contribution in [0, 0.1) is 18.7 Å². The number of carbonyl (C=O) groups excluding carboxylic acids is 2. The summed E-state index contributed by atoms with van der Waals surface area (Å²) in [5.74, 6) is -0.713. The number of aliphatic imine (C=N–C) groups is 1. The maximum Gasteiger partial charge on any atom is 0.287 e. The van der Waals surface area contributed by atoms with Gasteiger partial charge in [0.05, 0.1) is 33.1 Å². The van der Waals surface area contributed by atoms with Crippen molar-refractivity contribution in [1.82, 2.24) is 20.2 Å². The Bertz CT molecular complexity index is 1980. The number of nitrogens with two attached hydrogens (primary N) is 1. The topological polar surface area (TPSA) is 137 Å². The van der Waals surface area contributed by atoms with Crippen molar-refractivity contribution in [2.75, 3.05) is 0 Å². The van der Waals surface area contributed by atoms with Crippen LogP contribution in [0.5, 0.6) is 0 Å². The summed E-state index contributed by atoms with van der Waals surface area (Å²) in [4.78, 5) is 41.7. The van der Waals surface area contributed by atoms with Gasteiger partial charge in [-0.2, -0.15) is 0 Å². The highest BCUT2D eigenvalue weighted by molar-refractivity contribution is 7.17. The third-order valence-electron chi connectivity index (χ3n) is 7.97. The Hall–Kier alpha value is -4.90. The Morgan fingerprint density at radius 3 is 2.48 bits per heavy atom. The molecule has 4 heterocycles. The number of nitrogens with zero attached hydrogens (tertiary/aromatic N) is 5. The molecule has 0 fully saturated rings. The lowest BCUT2D eigenvalue weighted by molar-refractivity contribution is 0.0994. The number of hydrogen-bond donors (Lipinski definition) is 1. The average Bonchev–Trinajstić information content (AvgIpc) is 3.77. The molecule has 0 radical (unpaired) electrons. The number of halogens is 1. The van der Waals surface area contributed by atoms with Crippen LogP contribution in [-0.2, 0) is 19.3 Å². The Morgan fingerprint density at radius 2 is 1.78 bits per heavy atom. The van der Waals surface area contributed by atoms with Crippen molar-refractivity contribution in [3.05, 3.63) is 105 Å². The minimum atomic E-state index is -0.648. The van der Waals surface area contributed by atoms with Gasteiger partial charge >= 0.3 is 0 Å². The van der Waals surface area contributed by atoms with Gasteiger partial charge < -0.3 is 10.2 Å². The number of hydrogen-bond acceptors (Lipinski definition) is 8. The van der Waals surface area contributed by atoms with E-state index in [1.165, 1.54) is 23.5 Å². The van der Waals surface area contributed by atoms with Gasteiger partial charge in [-0.25, -0.2) is 9.38 Å². The van der Waals surface area contributed by atoms with Crippen LogP contribution in [0.4, 0.5) is 4.39 Å². The lowest BCUT2D eigenvalue weighted by atomic mass is 9.88. The zero-order chi connectivity index (χ0) is 32.5. The quantitative estimate of drug-likeness (QED) is 0.185. The Balaban J connectivity index is 1.51. The molecule has 5 aromatic rings. The van der Waals surface area contributed by atoms with Crippen molar-refractivity contribution in [2.45, 2.75) is 59.3 Å². The Morgan fingerprint density at radius 1 is 1.00 bits per heavy atom. The maximum absolute atomic E-state index is 13.7. The molecule has 9 nitrogen and oxygen atoms in total. The van der Waals surface area contributed by atoms with E-state index in [4.69, 9.17) is 15.1 Å². The molecule has 234 valence electrons. The smallest absolute Gasteiger partial charge is 0.287 e. The first-order chi connectivity index (χ1) is 22.1. The number of thiophene rings is 1. The molecule has 46 heavy (non-hydrogen) atoms. The standard InChI is InChI=1S/C35H33FN6O3S/c1-18(2)16-26-30(33(37)43)32(28-13-14-29(46-28)34(44)40-25-12-11-24-23(25)6-5-15-38-24)31(35-42-41-20(4)45-35)27(39-26)17-19(3)21-7-9-22(36)10-8-21/h5-10,13-15,18-19H,11-12,16-17H2,1-4H3,(H2,37,43)/t19-/m0/s1. The predicted molar refractivity (Wildman–Crippen MR) is 175 cm³/mol. The highest BCUT2D eigenvalue weighted by Gasteiger charge is 2.30. The fourth-order valence-electron chi connectivity index (χ4n) is 5.86. The monoisotopic (exact) mass is 636 g/mol. The second kappa shape index (κ2) is 12.8. The second-order valence-electron chi connectivity index (χ2n) is 11.9. The van der Waals surface area contributed by atoms with Gasteiger partial charge in [0.2, 0.25) is 11.8 Å². The molecule has 0 bridgehead atoms. The first-order valence-electron chi connectivity index (χ1n) is 15.2. The van der Waals surface area contributed by atoms with Crippen LogP contribution < -0.4 is 5.73 Å². The molecule has 0 aliphatic heterocycles. The van der Waals surface area contributed by atoms with Crippen LogP contribution in [0.1, 0.15) is 87.2 Å². The molecule has 6 rings (SSSR count). The lowest BCUT2D eigenvalue weighted by Gasteiger charge is -2.21. The molecule has 1 aliphatic carbocycles. The maximum atomic E-state index is 13.7. The largest absolute Gasteiger partial charge is 0.421 e. The third-order valence-corrected chi connectivity index (χ3v) is 9.06. The van der Waals surface area contributed by atoms with Gasteiger partial charge in [-0.05, 0) is 79.5 Å². The average molecular weight is 637 g/mol. The number of carbonyl (C=O) groups is 2. The van der Waals surface area contributed by atoms with Crippen molar-refractivity contribution in [2.24, 2.45) is 16.6 Å². The molecular formula is C35H33FN6O3S. The molecule has 1 aliphatic rings. The molecule has 2 N–H and O–H groups in total. The first-order valence-corrected chi connectivity index (χ1v) is 16.0. The van der Waals surface area contributed by atoms with E-state index in [0.717, 1.165) is 23.2 Å². The molecule has 2 amide bonds. The van der Waals surface area contributed by atoms with Crippen molar-refractivity contribution in [3.8, 4) is 21.9 Å². The van der Waals surface area contributed by atoms with Crippen LogP contribution in [0.3, 0.4) is 0 Å². The number of pyridine rings is 2. The minimum absolute atomic E-state index is 0.0740. The first kappa shape index (κ1) is 31.1. The minimum Gasteiger partial charge on any atom is -0.421 e. The van der Waals surface area contributed by atoms with Gasteiger partial charge in [-0.1, -0.05) is 32.9 Å². The summed E-state index contributed by atoms with van der Waals surface area (Å²) >= 11 is 1.22. The summed E-state index contributed by atoms with van der Waals surface area (Å²) in [6, 6.07) is 13.6. The van der Waals surface area contributed by atoms with Gasteiger partial charge in [0.25, 0.3) is 11.8 Å². The highest BCUT2D eigenvalue weighted by atomic mass is 32.1. The molecule has 0 unspecified atom stereocenters. The van der Waals surface area contributed by atoms with E-state index in [1.54, 1.807) is 37.4 Å². The molecular weight excluding hydrogens is 603 g/mol. The van der Waals surface area contributed by atoms with Gasteiger partial charge in [-0.3, -0.25) is 19.6 Å². The molecule has 11 heteroatoms. The highest BCUT2D eigenvalue weighted by Crippen LogP contribution is 2.42. The summed E-state index contributed by atoms with van der Waals surface area (Å²) in [5.41, 5.74) is 12.0. The van der Waals surface area contributed by atoms with Crippen LogP contribution in [-0.4, -0.2) is 37.7 Å². The lowest BCUT2D eigenvalue weighted by Crippen LogP contribution is -2.20. The number of rotatable bonds is 9.